The van der Waals surface area contributed by atoms with E-state index in [1.807, 2.05) is 18.2 Å². The van der Waals surface area contributed by atoms with Gasteiger partial charge in [0.2, 0.25) is 0 Å². The summed E-state index contributed by atoms with van der Waals surface area (Å²) in [6.07, 6.45) is 0.994. The summed E-state index contributed by atoms with van der Waals surface area (Å²) in [5.74, 6) is 0.312. The van der Waals surface area contributed by atoms with Crippen molar-refractivity contribution in [1.82, 2.24) is 4.90 Å². The Bertz CT molecular complexity index is 747. The predicted octanol–water partition coefficient (Wildman–Crippen LogP) is 4.96. The van der Waals surface area contributed by atoms with Gasteiger partial charge < -0.3 is 10.0 Å². The molecule has 4 heteroatoms. The summed E-state index contributed by atoms with van der Waals surface area (Å²) in [6.45, 7) is 5.49. The minimum absolute atomic E-state index is 0.0671. The zero-order valence-electron chi connectivity index (χ0n) is 14.1. The predicted molar refractivity (Wildman–Crippen MR) is 99.5 cm³/mol. The van der Waals surface area contributed by atoms with Crippen LogP contribution in [0.25, 0.3) is 0 Å². The standard InChI is InChI=1S/C20H22BrNO2/c1-3-13(2)17-9-18(19(23)8-16(17)10-21)20(24)22-11-14-6-4-5-7-15(14)12-22/h4-9,13,23H,3,10-12H2,1-2H3. The van der Waals surface area contributed by atoms with Crippen molar-refractivity contribution in [3.8, 4) is 5.75 Å². The van der Waals surface area contributed by atoms with Crippen molar-refractivity contribution in [2.45, 2.75) is 44.6 Å². The van der Waals surface area contributed by atoms with Gasteiger partial charge in [0.25, 0.3) is 5.91 Å². The summed E-state index contributed by atoms with van der Waals surface area (Å²) in [5, 5.41) is 11.1. The number of carbonyl (C=O) groups excluding carboxylic acids is 1. The molecule has 3 nitrogen and oxygen atoms in total. The molecule has 0 bridgehead atoms. The highest BCUT2D eigenvalue weighted by Gasteiger charge is 2.26. The molecular weight excluding hydrogens is 366 g/mol. The summed E-state index contributed by atoms with van der Waals surface area (Å²) in [6, 6.07) is 11.7. The Morgan fingerprint density at radius 1 is 1.25 bits per heavy atom. The van der Waals surface area contributed by atoms with Gasteiger partial charge in [0.1, 0.15) is 5.75 Å². The number of nitrogens with zero attached hydrogens (tertiary/aromatic N) is 1. The number of carbonyl (C=O) groups is 1. The molecule has 126 valence electrons. The van der Waals surface area contributed by atoms with Gasteiger partial charge >= 0.3 is 0 Å². The first-order valence-corrected chi connectivity index (χ1v) is 9.45. The van der Waals surface area contributed by atoms with Gasteiger partial charge in [0.15, 0.2) is 0 Å². The van der Waals surface area contributed by atoms with Gasteiger partial charge in [0.05, 0.1) is 5.56 Å². The van der Waals surface area contributed by atoms with E-state index in [4.69, 9.17) is 0 Å². The number of benzene rings is 2. The average Bonchev–Trinajstić information content (AvgIpc) is 3.04. The zero-order valence-corrected chi connectivity index (χ0v) is 15.6. The number of hydrogen-bond acceptors (Lipinski definition) is 2. The van der Waals surface area contributed by atoms with Crippen LogP contribution in [0.15, 0.2) is 36.4 Å². The highest BCUT2D eigenvalue weighted by Crippen LogP contribution is 2.33. The Labute approximate surface area is 151 Å². The number of fused-ring (bicyclic) bond motifs is 1. The van der Waals surface area contributed by atoms with Crippen LogP contribution in [0.4, 0.5) is 0 Å². The number of rotatable bonds is 4. The molecule has 1 heterocycles. The van der Waals surface area contributed by atoms with Gasteiger partial charge in [-0.3, -0.25) is 4.79 Å². The Kier molecular flexibility index (Phi) is 4.95. The van der Waals surface area contributed by atoms with Gasteiger partial charge in [-0.2, -0.15) is 0 Å². The first-order chi connectivity index (χ1) is 11.5. The average molecular weight is 388 g/mol. The van der Waals surface area contributed by atoms with Crippen molar-refractivity contribution in [2.75, 3.05) is 0 Å². The minimum atomic E-state index is -0.102. The van der Waals surface area contributed by atoms with Crippen LogP contribution in [0.2, 0.25) is 0 Å². The van der Waals surface area contributed by atoms with Crippen molar-refractivity contribution in [3.05, 3.63) is 64.2 Å². The minimum Gasteiger partial charge on any atom is -0.507 e. The van der Waals surface area contributed by atoms with E-state index in [1.54, 1.807) is 11.0 Å². The van der Waals surface area contributed by atoms with E-state index in [1.165, 1.54) is 11.1 Å². The van der Waals surface area contributed by atoms with Crippen molar-refractivity contribution in [1.29, 1.82) is 0 Å². The maximum absolute atomic E-state index is 13.0. The fourth-order valence-electron chi connectivity index (χ4n) is 3.26. The number of halogens is 1. The largest absolute Gasteiger partial charge is 0.507 e. The molecule has 1 aliphatic heterocycles. The molecular formula is C20H22BrNO2. The van der Waals surface area contributed by atoms with Crippen LogP contribution in [0.1, 0.15) is 58.8 Å². The second-order valence-electron chi connectivity index (χ2n) is 6.44. The van der Waals surface area contributed by atoms with Gasteiger partial charge in [-0.25, -0.2) is 0 Å². The molecule has 24 heavy (non-hydrogen) atoms. The van der Waals surface area contributed by atoms with E-state index in [0.717, 1.165) is 17.5 Å². The Balaban J connectivity index is 1.93. The monoisotopic (exact) mass is 387 g/mol. The molecule has 0 saturated heterocycles. The van der Waals surface area contributed by atoms with Crippen molar-refractivity contribution in [3.63, 3.8) is 0 Å². The molecule has 0 aromatic heterocycles. The lowest BCUT2D eigenvalue weighted by atomic mass is 9.92. The lowest BCUT2D eigenvalue weighted by Gasteiger charge is -2.20. The first kappa shape index (κ1) is 17.0. The molecule has 0 radical (unpaired) electrons. The third kappa shape index (κ3) is 3.07. The Morgan fingerprint density at radius 2 is 1.88 bits per heavy atom. The van der Waals surface area contributed by atoms with Crippen LogP contribution in [0, 0.1) is 0 Å². The molecule has 0 saturated carbocycles. The zero-order chi connectivity index (χ0) is 17.3. The second-order valence-corrected chi connectivity index (χ2v) is 7.00. The van der Waals surface area contributed by atoms with E-state index in [2.05, 4.69) is 41.9 Å². The summed E-state index contributed by atoms with van der Waals surface area (Å²) in [5.41, 5.74) is 4.95. The molecule has 1 aliphatic rings. The maximum atomic E-state index is 13.0. The molecule has 2 aromatic carbocycles. The van der Waals surface area contributed by atoms with Crippen LogP contribution in [0.5, 0.6) is 5.75 Å². The van der Waals surface area contributed by atoms with E-state index in [-0.39, 0.29) is 11.7 Å². The highest BCUT2D eigenvalue weighted by molar-refractivity contribution is 9.08. The number of phenols is 1. The van der Waals surface area contributed by atoms with Gasteiger partial charge in [-0.15, -0.1) is 0 Å². The smallest absolute Gasteiger partial charge is 0.258 e. The Morgan fingerprint density at radius 3 is 2.42 bits per heavy atom. The number of alkyl halides is 1. The van der Waals surface area contributed by atoms with Crippen molar-refractivity contribution in [2.24, 2.45) is 0 Å². The van der Waals surface area contributed by atoms with Crippen LogP contribution in [-0.4, -0.2) is 15.9 Å². The fourth-order valence-corrected chi connectivity index (χ4v) is 3.75. The molecule has 3 rings (SSSR count). The third-order valence-corrected chi connectivity index (χ3v) is 5.51. The molecule has 0 spiro atoms. The highest BCUT2D eigenvalue weighted by atomic mass is 79.9. The van der Waals surface area contributed by atoms with E-state index < -0.39 is 0 Å². The molecule has 2 aromatic rings. The Hall–Kier alpha value is -1.81. The summed E-state index contributed by atoms with van der Waals surface area (Å²) in [7, 11) is 0. The topological polar surface area (TPSA) is 40.5 Å². The SMILES string of the molecule is CCC(C)c1cc(C(=O)N2Cc3ccccc3C2)c(O)cc1CBr. The molecule has 0 fully saturated rings. The molecule has 0 aliphatic carbocycles. The van der Waals surface area contributed by atoms with E-state index >= 15 is 0 Å². The summed E-state index contributed by atoms with van der Waals surface area (Å²) >= 11 is 3.48. The fraction of sp³-hybridized carbons (Fsp3) is 0.350. The van der Waals surface area contributed by atoms with Crippen LogP contribution in [-0.2, 0) is 18.4 Å². The third-order valence-electron chi connectivity index (χ3n) is 4.90. The lowest BCUT2D eigenvalue weighted by Crippen LogP contribution is -2.25. The second kappa shape index (κ2) is 6.98. The van der Waals surface area contributed by atoms with Gasteiger partial charge in [-0.1, -0.05) is 54.0 Å². The summed E-state index contributed by atoms with van der Waals surface area (Å²) < 4.78 is 0. The number of hydrogen-bond donors (Lipinski definition) is 1. The van der Waals surface area contributed by atoms with Crippen LogP contribution in [0.3, 0.4) is 0 Å². The van der Waals surface area contributed by atoms with Crippen LogP contribution >= 0.6 is 15.9 Å². The molecule has 1 unspecified atom stereocenters. The van der Waals surface area contributed by atoms with Gasteiger partial charge in [-0.05, 0) is 46.7 Å². The summed E-state index contributed by atoms with van der Waals surface area (Å²) in [4.78, 5) is 14.8. The number of phenolic OH excluding ortho intramolecular Hbond substituents is 1. The van der Waals surface area contributed by atoms with Crippen molar-refractivity contribution < 1.29 is 9.90 Å². The number of aromatic hydroxyl groups is 1. The maximum Gasteiger partial charge on any atom is 0.258 e. The first-order valence-electron chi connectivity index (χ1n) is 8.33. The number of amides is 1. The molecule has 1 atom stereocenters. The quantitative estimate of drug-likeness (QED) is 0.753. The molecule has 1 amide bonds. The van der Waals surface area contributed by atoms with Crippen LogP contribution < -0.4 is 0 Å². The molecule has 1 N–H and O–H groups in total. The normalized spacial score (nSPS) is 14.5. The lowest BCUT2D eigenvalue weighted by molar-refractivity contribution is 0.0748. The van der Waals surface area contributed by atoms with Crippen molar-refractivity contribution >= 4 is 21.8 Å². The van der Waals surface area contributed by atoms with E-state index in [0.29, 0.717) is 29.9 Å². The van der Waals surface area contributed by atoms with Gasteiger partial charge in [0, 0.05) is 18.4 Å². The van der Waals surface area contributed by atoms with E-state index in [9.17, 15) is 9.90 Å².